The maximum absolute atomic E-state index is 13.8. The van der Waals surface area contributed by atoms with Crippen molar-refractivity contribution in [2.75, 3.05) is 19.6 Å². The molecule has 1 aliphatic heterocycles. The van der Waals surface area contributed by atoms with Crippen molar-refractivity contribution < 1.29 is 14.3 Å². The minimum Gasteiger partial charge on any atom is -0.390 e. The number of fused-ring (bicyclic) bond motifs is 1. The molecule has 1 aliphatic carbocycles. The maximum atomic E-state index is 13.8. The van der Waals surface area contributed by atoms with Crippen molar-refractivity contribution in [2.45, 2.75) is 77.1 Å². The summed E-state index contributed by atoms with van der Waals surface area (Å²) in [5.41, 5.74) is 0.321. The zero-order chi connectivity index (χ0) is 21.7. The second-order valence-corrected chi connectivity index (χ2v) is 10.1. The van der Waals surface area contributed by atoms with Crippen LogP contribution in [0.2, 0.25) is 0 Å². The first-order valence-corrected chi connectivity index (χ1v) is 11.4. The number of β-amino-alcohol motifs (C(OH)–C–C–N with tert-alkyl or cyclic N) is 1. The Labute approximate surface area is 180 Å². The van der Waals surface area contributed by atoms with E-state index in [1.807, 2.05) is 26.8 Å². The topological polar surface area (TPSA) is 64.6 Å². The van der Waals surface area contributed by atoms with E-state index in [1.165, 1.54) is 31.7 Å². The highest BCUT2D eigenvalue weighted by Gasteiger charge is 2.40. The molecule has 3 rings (SSSR count). The monoisotopic (exact) mass is 419 g/mol. The highest BCUT2D eigenvalue weighted by Crippen LogP contribution is 2.38. The molecule has 2 fully saturated rings. The normalized spacial score (nSPS) is 26.1. The number of carbonyl (C=O) groups is 1. The molecular formula is C24H38FN3O2. The fourth-order valence-corrected chi connectivity index (χ4v) is 4.98. The molecule has 5 nitrogen and oxygen atoms in total. The van der Waals surface area contributed by atoms with E-state index in [-0.39, 0.29) is 23.3 Å². The van der Waals surface area contributed by atoms with Crippen LogP contribution in [-0.4, -0.2) is 53.2 Å². The van der Waals surface area contributed by atoms with Gasteiger partial charge >= 0.3 is 0 Å². The molecule has 30 heavy (non-hydrogen) atoms. The van der Waals surface area contributed by atoms with Gasteiger partial charge in [0, 0.05) is 37.3 Å². The van der Waals surface area contributed by atoms with Gasteiger partial charge in [0.2, 0.25) is 5.91 Å². The van der Waals surface area contributed by atoms with Crippen molar-refractivity contribution in [3.8, 4) is 0 Å². The number of halogens is 1. The molecular weight excluding hydrogens is 381 g/mol. The molecule has 0 aromatic heterocycles. The van der Waals surface area contributed by atoms with Crippen LogP contribution >= 0.6 is 0 Å². The molecule has 168 valence electrons. The summed E-state index contributed by atoms with van der Waals surface area (Å²) in [7, 11) is 0. The van der Waals surface area contributed by atoms with Crippen LogP contribution in [0, 0.1) is 17.7 Å². The van der Waals surface area contributed by atoms with Gasteiger partial charge in [-0.1, -0.05) is 37.5 Å². The number of nitrogens with zero attached hydrogens (tertiary/aromatic N) is 1. The van der Waals surface area contributed by atoms with Crippen LogP contribution in [0.25, 0.3) is 0 Å². The summed E-state index contributed by atoms with van der Waals surface area (Å²) in [6.07, 6.45) is 5.22. The van der Waals surface area contributed by atoms with Gasteiger partial charge in [0.25, 0.3) is 0 Å². The van der Waals surface area contributed by atoms with E-state index in [0.717, 1.165) is 13.0 Å². The third kappa shape index (κ3) is 6.50. The number of rotatable bonds is 7. The number of nitrogens with one attached hydrogen (secondary N) is 2. The van der Waals surface area contributed by atoms with Crippen LogP contribution in [0.15, 0.2) is 24.3 Å². The summed E-state index contributed by atoms with van der Waals surface area (Å²) in [4.78, 5) is 15.2. The molecule has 0 radical (unpaired) electrons. The van der Waals surface area contributed by atoms with Gasteiger partial charge in [0.05, 0.1) is 12.1 Å². The Morgan fingerprint density at radius 1 is 1.23 bits per heavy atom. The van der Waals surface area contributed by atoms with Gasteiger partial charge in [0.15, 0.2) is 0 Å². The van der Waals surface area contributed by atoms with Gasteiger partial charge in [-0.15, -0.1) is 0 Å². The third-order valence-corrected chi connectivity index (χ3v) is 6.40. The molecule has 6 heteroatoms. The second kappa shape index (κ2) is 10.2. The van der Waals surface area contributed by atoms with Crippen molar-refractivity contribution in [1.29, 1.82) is 0 Å². The predicted molar refractivity (Wildman–Crippen MR) is 117 cm³/mol. The van der Waals surface area contributed by atoms with Crippen molar-refractivity contribution in [1.82, 2.24) is 15.5 Å². The zero-order valence-corrected chi connectivity index (χ0v) is 18.7. The molecule has 1 aromatic rings. The minimum absolute atomic E-state index is 0.0676. The number of aliphatic hydroxyl groups excluding tert-OH is 1. The Balaban J connectivity index is 1.58. The van der Waals surface area contributed by atoms with Crippen molar-refractivity contribution in [3.63, 3.8) is 0 Å². The average molecular weight is 420 g/mol. The molecule has 1 heterocycles. The number of hydrogen-bond donors (Lipinski definition) is 3. The molecule has 3 N–H and O–H groups in total. The Morgan fingerprint density at radius 2 is 1.93 bits per heavy atom. The largest absolute Gasteiger partial charge is 0.390 e. The van der Waals surface area contributed by atoms with Crippen LogP contribution < -0.4 is 10.6 Å². The smallest absolute Gasteiger partial charge is 0.237 e. The Hall–Kier alpha value is -1.50. The number of likely N-dealkylation sites (tertiary alicyclic amines) is 1. The zero-order valence-electron chi connectivity index (χ0n) is 18.7. The summed E-state index contributed by atoms with van der Waals surface area (Å²) in [6.45, 7) is 8.08. The molecule has 2 aliphatic rings. The average Bonchev–Trinajstić information content (AvgIpc) is 2.67. The molecule has 1 amide bonds. The van der Waals surface area contributed by atoms with Gasteiger partial charge in [-0.2, -0.15) is 0 Å². The standard InChI is InChI=1S/C24H38FN3O2/c1-24(2,3)27-23(30)22-12-17-8-4-5-10-19(17)15-28(22)16-20(29)14-26-13-18-9-6-7-11-21(18)25/h6-7,9,11,17,19-20,22,26,29H,4-5,8,10,12-16H2,1-3H3,(H,27,30)/t17-,19+,20+,22-/m0/s1. The lowest BCUT2D eigenvalue weighted by Gasteiger charge is -2.46. The van der Waals surface area contributed by atoms with E-state index in [9.17, 15) is 14.3 Å². The van der Waals surface area contributed by atoms with E-state index in [0.29, 0.717) is 37.0 Å². The molecule has 1 saturated carbocycles. The Bertz CT molecular complexity index is 706. The van der Waals surface area contributed by atoms with Crippen LogP contribution in [-0.2, 0) is 11.3 Å². The number of piperidine rings is 1. The van der Waals surface area contributed by atoms with E-state index in [2.05, 4.69) is 15.5 Å². The van der Waals surface area contributed by atoms with E-state index >= 15 is 0 Å². The number of amides is 1. The summed E-state index contributed by atoms with van der Waals surface area (Å²) in [6, 6.07) is 6.48. The molecule has 4 atom stereocenters. The second-order valence-electron chi connectivity index (χ2n) is 10.1. The van der Waals surface area contributed by atoms with E-state index in [1.54, 1.807) is 12.1 Å². The number of carbonyl (C=O) groups excluding carboxylic acids is 1. The first-order valence-electron chi connectivity index (χ1n) is 11.4. The minimum atomic E-state index is -0.609. The number of benzene rings is 1. The molecule has 1 aromatic carbocycles. The lowest BCUT2D eigenvalue weighted by molar-refractivity contribution is -0.132. The molecule has 0 spiro atoms. The SMILES string of the molecule is CC(C)(C)NC(=O)[C@@H]1C[C@@H]2CCCC[C@@H]2CN1C[C@H](O)CNCc1ccccc1F. The number of aliphatic hydroxyl groups is 1. The fourth-order valence-electron chi connectivity index (χ4n) is 4.98. The highest BCUT2D eigenvalue weighted by molar-refractivity contribution is 5.82. The third-order valence-electron chi connectivity index (χ3n) is 6.40. The first-order chi connectivity index (χ1) is 14.2. The van der Waals surface area contributed by atoms with Crippen molar-refractivity contribution in [3.05, 3.63) is 35.6 Å². The van der Waals surface area contributed by atoms with Gasteiger partial charge in [0.1, 0.15) is 5.82 Å². The van der Waals surface area contributed by atoms with E-state index < -0.39 is 6.10 Å². The predicted octanol–water partition coefficient (Wildman–Crippen LogP) is 3.07. The Morgan fingerprint density at radius 3 is 2.63 bits per heavy atom. The van der Waals surface area contributed by atoms with Crippen LogP contribution in [0.5, 0.6) is 0 Å². The van der Waals surface area contributed by atoms with Gasteiger partial charge in [-0.3, -0.25) is 9.69 Å². The lowest BCUT2D eigenvalue weighted by atomic mass is 9.72. The fraction of sp³-hybridized carbons (Fsp3) is 0.708. The summed E-state index contributed by atoms with van der Waals surface area (Å²) in [5, 5.41) is 16.9. The summed E-state index contributed by atoms with van der Waals surface area (Å²) >= 11 is 0. The van der Waals surface area contributed by atoms with Gasteiger partial charge in [-0.25, -0.2) is 4.39 Å². The quantitative estimate of drug-likeness (QED) is 0.636. The molecule has 0 unspecified atom stereocenters. The first kappa shape index (κ1) is 23.2. The Kier molecular flexibility index (Phi) is 7.88. The van der Waals surface area contributed by atoms with Crippen molar-refractivity contribution in [2.24, 2.45) is 11.8 Å². The summed E-state index contributed by atoms with van der Waals surface area (Å²) < 4.78 is 13.8. The maximum Gasteiger partial charge on any atom is 0.237 e. The number of hydrogen-bond acceptors (Lipinski definition) is 4. The highest BCUT2D eigenvalue weighted by atomic mass is 19.1. The van der Waals surface area contributed by atoms with Crippen LogP contribution in [0.1, 0.15) is 58.4 Å². The van der Waals surface area contributed by atoms with Crippen LogP contribution in [0.3, 0.4) is 0 Å². The summed E-state index contributed by atoms with van der Waals surface area (Å²) in [5.74, 6) is 1.06. The lowest BCUT2D eigenvalue weighted by Crippen LogP contribution is -2.59. The molecule has 0 bridgehead atoms. The van der Waals surface area contributed by atoms with Gasteiger partial charge < -0.3 is 15.7 Å². The van der Waals surface area contributed by atoms with Crippen LogP contribution in [0.4, 0.5) is 4.39 Å². The van der Waals surface area contributed by atoms with Gasteiger partial charge in [-0.05, 0) is 51.5 Å². The molecule has 1 saturated heterocycles. The van der Waals surface area contributed by atoms with E-state index in [4.69, 9.17) is 0 Å². The van der Waals surface area contributed by atoms with Crippen molar-refractivity contribution >= 4 is 5.91 Å².